The van der Waals surface area contributed by atoms with Crippen molar-refractivity contribution in [2.24, 2.45) is 0 Å². The first-order valence-electron chi connectivity index (χ1n) is 14.9. The Bertz CT molecular complexity index is 1750. The van der Waals surface area contributed by atoms with Gasteiger partial charge in [0.2, 0.25) is 5.95 Å². The molecule has 2 amide bonds. The molecule has 0 spiro atoms. The number of halogens is 3. The quantitative estimate of drug-likeness (QED) is 0.227. The van der Waals surface area contributed by atoms with E-state index in [1.54, 1.807) is 42.4 Å². The maximum atomic E-state index is 13.7. The highest BCUT2D eigenvalue weighted by Gasteiger charge is 2.32. The summed E-state index contributed by atoms with van der Waals surface area (Å²) < 4.78 is 48.2. The molecule has 0 aliphatic carbocycles. The molecule has 1 fully saturated rings. The maximum absolute atomic E-state index is 13.7. The smallest absolute Gasteiger partial charge is 0.416 e. The lowest BCUT2D eigenvalue weighted by Crippen LogP contribution is -2.42. The number of nitrogens with one attached hydrogen (secondary N) is 2. The van der Waals surface area contributed by atoms with E-state index in [1.807, 2.05) is 33.8 Å². The van der Waals surface area contributed by atoms with E-state index in [1.165, 1.54) is 17.0 Å². The number of nitrogens with zero attached hydrogens (tertiary/aromatic N) is 5. The van der Waals surface area contributed by atoms with Crippen molar-refractivity contribution in [1.29, 1.82) is 0 Å². The minimum absolute atomic E-state index is 0.00776. The number of ether oxygens (including phenoxy) is 1. The topological polar surface area (TPSA) is 114 Å². The number of likely N-dealkylation sites (tertiary alicyclic amines) is 1. The van der Waals surface area contributed by atoms with E-state index in [2.05, 4.69) is 20.6 Å². The van der Waals surface area contributed by atoms with E-state index in [-0.39, 0.29) is 28.9 Å². The predicted molar refractivity (Wildman–Crippen MR) is 168 cm³/mol. The summed E-state index contributed by atoms with van der Waals surface area (Å²) >= 11 is 0. The molecule has 13 heteroatoms. The lowest BCUT2D eigenvalue weighted by molar-refractivity contribution is -0.137. The van der Waals surface area contributed by atoms with Crippen LogP contribution in [0, 0.1) is 13.8 Å². The van der Waals surface area contributed by atoms with E-state index in [9.17, 15) is 22.8 Å². The van der Waals surface area contributed by atoms with Crippen molar-refractivity contribution >= 4 is 29.3 Å². The Labute approximate surface area is 265 Å². The number of hydrogen-bond acceptors (Lipinski definition) is 7. The Morgan fingerprint density at radius 1 is 1.02 bits per heavy atom. The third-order valence-electron chi connectivity index (χ3n) is 7.43. The number of aromatic nitrogens is 4. The summed E-state index contributed by atoms with van der Waals surface area (Å²) in [7, 11) is 0. The molecule has 0 saturated carbocycles. The molecule has 1 aliphatic heterocycles. The van der Waals surface area contributed by atoms with Gasteiger partial charge in [0, 0.05) is 54.0 Å². The van der Waals surface area contributed by atoms with Crippen molar-refractivity contribution in [3.8, 4) is 5.69 Å². The number of anilines is 3. The summed E-state index contributed by atoms with van der Waals surface area (Å²) in [4.78, 5) is 40.7. The van der Waals surface area contributed by atoms with Crippen LogP contribution in [0.2, 0.25) is 0 Å². The fourth-order valence-electron chi connectivity index (χ4n) is 5.15. The number of piperidine rings is 1. The SMILES string of the molecule is Cc1cn(-c2cc(NC(=O)c3ccc(C)c(Nc4nccc(C5CCCN(C(=O)OC(C)(C)C)C5)n4)c3)cc(C(F)(F)F)c2)cn1. The monoisotopic (exact) mass is 635 g/mol. The van der Waals surface area contributed by atoms with Crippen LogP contribution in [-0.4, -0.2) is 55.1 Å². The van der Waals surface area contributed by atoms with Crippen molar-refractivity contribution in [3.63, 3.8) is 0 Å². The molecule has 2 N–H and O–H groups in total. The molecule has 46 heavy (non-hydrogen) atoms. The standard InChI is InChI=1S/C33H36F3N7O3/c1-20-8-9-22(29(44)39-25-14-24(33(34,35)36)15-26(16-25)43-17-21(2)38-19-43)13-28(20)41-30-37-11-10-27(40-30)23-7-6-12-42(18-23)31(45)46-32(3,4)5/h8-11,13-17,19,23H,6-7,12,18H2,1-5H3,(H,39,44)(H,37,40,41). The Morgan fingerprint density at radius 2 is 1.80 bits per heavy atom. The van der Waals surface area contributed by atoms with E-state index in [0.717, 1.165) is 36.2 Å². The van der Waals surface area contributed by atoms with Crippen LogP contribution in [0.3, 0.4) is 0 Å². The van der Waals surface area contributed by atoms with Gasteiger partial charge >= 0.3 is 12.3 Å². The summed E-state index contributed by atoms with van der Waals surface area (Å²) in [5.41, 5.74) is 1.70. The molecule has 0 bridgehead atoms. The molecule has 242 valence electrons. The first-order valence-corrected chi connectivity index (χ1v) is 14.9. The Balaban J connectivity index is 1.33. The normalized spacial score (nSPS) is 15.4. The molecule has 5 rings (SSSR count). The first-order chi connectivity index (χ1) is 21.6. The summed E-state index contributed by atoms with van der Waals surface area (Å²) in [6, 6.07) is 10.1. The van der Waals surface area contributed by atoms with Crippen molar-refractivity contribution in [3.05, 3.63) is 89.3 Å². The van der Waals surface area contributed by atoms with Crippen LogP contribution in [0.25, 0.3) is 5.69 Å². The molecule has 1 aliphatic rings. The van der Waals surface area contributed by atoms with Crippen molar-refractivity contribution < 1.29 is 27.5 Å². The molecule has 1 unspecified atom stereocenters. The van der Waals surface area contributed by atoms with Gasteiger partial charge in [0.05, 0.1) is 23.3 Å². The van der Waals surface area contributed by atoms with Gasteiger partial charge in [-0.25, -0.2) is 19.7 Å². The van der Waals surface area contributed by atoms with E-state index < -0.39 is 23.2 Å². The first kappa shape index (κ1) is 32.5. The number of amides is 2. The maximum Gasteiger partial charge on any atom is 0.416 e. The molecule has 2 aromatic heterocycles. The van der Waals surface area contributed by atoms with Crippen LogP contribution in [-0.2, 0) is 10.9 Å². The molecule has 0 radical (unpaired) electrons. The van der Waals surface area contributed by atoms with Gasteiger partial charge in [-0.2, -0.15) is 13.2 Å². The zero-order chi connectivity index (χ0) is 33.2. The van der Waals surface area contributed by atoms with Gasteiger partial charge in [-0.05, 0) is 89.4 Å². The van der Waals surface area contributed by atoms with Gasteiger partial charge in [0.25, 0.3) is 5.91 Å². The number of imidazole rings is 1. The largest absolute Gasteiger partial charge is 0.444 e. The van der Waals surface area contributed by atoms with Gasteiger partial charge in [0.15, 0.2) is 0 Å². The molecule has 3 heterocycles. The van der Waals surface area contributed by atoms with E-state index >= 15 is 0 Å². The number of hydrogen-bond donors (Lipinski definition) is 2. The third-order valence-corrected chi connectivity index (χ3v) is 7.43. The number of carbonyl (C=O) groups excluding carboxylic acids is 2. The minimum Gasteiger partial charge on any atom is -0.444 e. The average Bonchev–Trinajstić information content (AvgIpc) is 3.43. The van der Waals surface area contributed by atoms with Gasteiger partial charge in [-0.15, -0.1) is 0 Å². The molecule has 1 saturated heterocycles. The van der Waals surface area contributed by atoms with Crippen LogP contribution in [0.15, 0.2) is 61.2 Å². The molecular weight excluding hydrogens is 599 g/mol. The van der Waals surface area contributed by atoms with Gasteiger partial charge < -0.3 is 24.8 Å². The summed E-state index contributed by atoms with van der Waals surface area (Å²) in [6.45, 7) is 10.2. The van der Waals surface area contributed by atoms with Crippen molar-refractivity contribution in [1.82, 2.24) is 24.4 Å². The number of carbonyl (C=O) groups is 2. The summed E-state index contributed by atoms with van der Waals surface area (Å²) in [5, 5.41) is 5.77. The van der Waals surface area contributed by atoms with E-state index in [0.29, 0.717) is 30.4 Å². The number of alkyl halides is 3. The molecular formula is C33H36F3N7O3. The van der Waals surface area contributed by atoms with Crippen LogP contribution in [0.5, 0.6) is 0 Å². The second-order valence-electron chi connectivity index (χ2n) is 12.4. The Kier molecular flexibility index (Phi) is 9.04. The molecule has 4 aromatic rings. The minimum atomic E-state index is -4.62. The Morgan fingerprint density at radius 3 is 2.50 bits per heavy atom. The predicted octanol–water partition coefficient (Wildman–Crippen LogP) is 7.41. The van der Waals surface area contributed by atoms with Crippen molar-refractivity contribution in [2.75, 3.05) is 23.7 Å². The summed E-state index contributed by atoms with van der Waals surface area (Å²) in [5.74, 6) is -0.286. The Hall–Kier alpha value is -4.94. The van der Waals surface area contributed by atoms with Crippen LogP contribution < -0.4 is 10.6 Å². The van der Waals surface area contributed by atoms with Crippen LogP contribution in [0.1, 0.15) is 72.4 Å². The number of benzene rings is 2. The zero-order valence-electron chi connectivity index (χ0n) is 26.3. The van der Waals surface area contributed by atoms with Crippen LogP contribution in [0.4, 0.5) is 35.3 Å². The van der Waals surface area contributed by atoms with Gasteiger partial charge in [0.1, 0.15) is 5.60 Å². The highest BCUT2D eigenvalue weighted by molar-refractivity contribution is 6.05. The lowest BCUT2D eigenvalue weighted by atomic mass is 9.95. The summed E-state index contributed by atoms with van der Waals surface area (Å²) in [6.07, 6.45) is 1.33. The lowest BCUT2D eigenvalue weighted by Gasteiger charge is -2.34. The zero-order valence-corrected chi connectivity index (χ0v) is 26.3. The highest BCUT2D eigenvalue weighted by atomic mass is 19.4. The second-order valence-corrected chi connectivity index (χ2v) is 12.4. The second kappa shape index (κ2) is 12.8. The van der Waals surface area contributed by atoms with Gasteiger partial charge in [-0.1, -0.05) is 6.07 Å². The highest BCUT2D eigenvalue weighted by Crippen LogP contribution is 2.34. The molecule has 1 atom stereocenters. The van der Waals surface area contributed by atoms with Gasteiger partial charge in [-0.3, -0.25) is 4.79 Å². The fraction of sp³-hybridized carbons (Fsp3) is 0.364. The fourth-order valence-corrected chi connectivity index (χ4v) is 5.15. The van der Waals surface area contributed by atoms with E-state index in [4.69, 9.17) is 9.72 Å². The van der Waals surface area contributed by atoms with Crippen LogP contribution >= 0.6 is 0 Å². The third kappa shape index (κ3) is 8.01. The molecule has 10 nitrogen and oxygen atoms in total. The average molecular weight is 636 g/mol. The number of aryl methyl sites for hydroxylation is 2. The number of rotatable bonds is 6. The van der Waals surface area contributed by atoms with Crippen molar-refractivity contribution in [2.45, 2.75) is 65.2 Å². The molecule has 2 aromatic carbocycles.